The molecule has 1 fully saturated rings. The number of nitriles is 1. The maximum Gasteiger partial charge on any atom is 0.259 e. The van der Waals surface area contributed by atoms with Crippen LogP contribution in [-0.4, -0.2) is 70.8 Å². The third-order valence-corrected chi connectivity index (χ3v) is 17.8. The van der Waals surface area contributed by atoms with Crippen LogP contribution in [0, 0.1) is 17.1 Å². The minimum absolute atomic E-state index is 0.0471. The molecular weight excluding hydrogens is 783 g/mol. The van der Waals surface area contributed by atoms with Crippen LogP contribution in [-0.2, 0) is 28.5 Å². The van der Waals surface area contributed by atoms with Crippen LogP contribution in [0.1, 0.15) is 83.2 Å². The van der Waals surface area contributed by atoms with Crippen LogP contribution in [0.15, 0.2) is 103 Å². The molecule has 5 atom stereocenters. The number of halogens is 1. The Morgan fingerprint density at radius 3 is 1.85 bits per heavy atom. The molecule has 4 aromatic carbocycles. The highest BCUT2D eigenvalue weighted by Gasteiger charge is 2.54. The molecule has 9 nitrogen and oxygen atoms in total. The first kappa shape index (κ1) is 46.4. The lowest BCUT2D eigenvalue weighted by atomic mass is 9.80. The summed E-state index contributed by atoms with van der Waals surface area (Å²) in [6.45, 7) is 19.6. The minimum atomic E-state index is -2.53. The third-order valence-electron chi connectivity index (χ3n) is 11.2. The number of hydrogen-bond acceptors (Lipinski definition) is 9. The van der Waals surface area contributed by atoms with Crippen molar-refractivity contribution >= 4 is 16.8 Å². The first-order valence-corrected chi connectivity index (χ1v) is 24.4. The van der Waals surface area contributed by atoms with E-state index in [1.165, 1.54) is 12.1 Å². The lowest BCUT2D eigenvalue weighted by molar-refractivity contribution is -0.0806. The van der Waals surface area contributed by atoms with Gasteiger partial charge in [0.1, 0.15) is 47.3 Å². The Kier molecular flexibility index (Phi) is 15.9. The topological polar surface area (TPSA) is 91.6 Å². The molecule has 0 spiro atoms. The summed E-state index contributed by atoms with van der Waals surface area (Å²) in [5.41, 5.74) is 2.14. The van der Waals surface area contributed by atoms with Crippen LogP contribution in [0.4, 0.5) is 4.39 Å². The van der Waals surface area contributed by atoms with Gasteiger partial charge < -0.3 is 32.4 Å². The minimum Gasteiger partial charge on any atom is -0.497 e. The lowest BCUT2D eigenvalue weighted by Gasteiger charge is -2.42. The fourth-order valence-corrected chi connectivity index (χ4v) is 10.3. The lowest BCUT2D eigenvalue weighted by Crippen LogP contribution is -2.49. The molecule has 0 N–H and O–H groups in total. The van der Waals surface area contributed by atoms with Gasteiger partial charge in [-0.2, -0.15) is 5.26 Å². The Bertz CT molecular complexity index is 1900. The smallest absolute Gasteiger partial charge is 0.259 e. The van der Waals surface area contributed by atoms with Crippen LogP contribution in [0.5, 0.6) is 11.5 Å². The Hall–Kier alpha value is -3.69. The summed E-state index contributed by atoms with van der Waals surface area (Å²) in [5, 5.41) is 9.34. The van der Waals surface area contributed by atoms with E-state index >= 15 is 4.39 Å². The molecule has 0 radical (unpaired) electrons. The number of benzene rings is 4. The second-order valence-electron chi connectivity index (χ2n) is 16.9. The van der Waals surface area contributed by atoms with Crippen molar-refractivity contribution in [3.05, 3.63) is 131 Å². The average molecular weight is 845 g/mol. The normalized spacial score (nSPS) is 19.3. The van der Waals surface area contributed by atoms with Crippen LogP contribution in [0.25, 0.3) is 0 Å². The summed E-state index contributed by atoms with van der Waals surface area (Å²) >= 11 is 0. The zero-order valence-electron chi connectivity index (χ0n) is 36.5. The zero-order valence-corrected chi connectivity index (χ0v) is 38.4. The first-order chi connectivity index (χ1) is 28.1. The molecule has 0 saturated carbocycles. The van der Waals surface area contributed by atoms with E-state index in [0.29, 0.717) is 17.1 Å². The standard InChI is InChI=1S/C47H62FN2O7PSi/c1-33(2)50(34(3)4)58(54-30-16-29-49)56-44-42(55-43(35-17-15-20-39(48)31-35)45(44)57-59(10,11)46(5,6)7)32-53-47(36-18-13-12-14-19-36,37-21-25-40(51-8)26-22-37)38-23-27-41(52-9)28-24-38/h12-15,17-28,31,33-34,42-45H,16,30,32H2,1-11H3/t42-,43+,44-,45+,58?/m1/s1. The molecule has 0 aliphatic carbocycles. The van der Waals surface area contributed by atoms with Crippen LogP contribution in [0.2, 0.25) is 18.1 Å². The molecule has 0 amide bonds. The Labute approximate surface area is 353 Å². The quantitative estimate of drug-likeness (QED) is 0.0396. The van der Waals surface area contributed by atoms with Crippen molar-refractivity contribution < 1.29 is 36.8 Å². The maximum atomic E-state index is 15.1. The van der Waals surface area contributed by atoms with Crippen molar-refractivity contribution in [2.24, 2.45) is 0 Å². The van der Waals surface area contributed by atoms with E-state index in [0.717, 1.165) is 16.7 Å². The summed E-state index contributed by atoms with van der Waals surface area (Å²) in [7, 11) is -0.980. The van der Waals surface area contributed by atoms with Crippen molar-refractivity contribution in [2.75, 3.05) is 27.4 Å². The van der Waals surface area contributed by atoms with Gasteiger partial charge in [0, 0.05) is 12.1 Å². The number of rotatable bonds is 19. The van der Waals surface area contributed by atoms with Gasteiger partial charge in [-0.1, -0.05) is 87.5 Å². The fraction of sp³-hybridized carbons (Fsp3) is 0.468. The molecule has 5 rings (SSSR count). The molecular formula is C47H62FN2O7PSi. The molecule has 1 saturated heterocycles. The Morgan fingerprint density at radius 1 is 0.797 bits per heavy atom. The van der Waals surface area contributed by atoms with Crippen LogP contribution < -0.4 is 9.47 Å². The largest absolute Gasteiger partial charge is 0.497 e. The van der Waals surface area contributed by atoms with E-state index in [1.807, 2.05) is 72.8 Å². The Morgan fingerprint density at radius 2 is 1.36 bits per heavy atom. The second-order valence-corrected chi connectivity index (χ2v) is 23.1. The van der Waals surface area contributed by atoms with E-state index in [2.05, 4.69) is 84.4 Å². The monoisotopic (exact) mass is 844 g/mol. The summed E-state index contributed by atoms with van der Waals surface area (Å²) in [5.74, 6) is 1.06. The van der Waals surface area contributed by atoms with Crippen LogP contribution >= 0.6 is 8.53 Å². The summed E-state index contributed by atoms with van der Waals surface area (Å²) in [6.07, 6.45) is -2.60. The zero-order chi connectivity index (χ0) is 43.0. The molecule has 12 heteroatoms. The highest BCUT2D eigenvalue weighted by atomic mass is 31.2. The van der Waals surface area contributed by atoms with Crippen molar-refractivity contribution in [3.63, 3.8) is 0 Å². The van der Waals surface area contributed by atoms with Gasteiger partial charge in [-0.3, -0.25) is 0 Å². The number of nitrogens with zero attached hydrogens (tertiary/aromatic N) is 2. The van der Waals surface area contributed by atoms with E-state index < -0.39 is 46.9 Å². The molecule has 59 heavy (non-hydrogen) atoms. The summed E-state index contributed by atoms with van der Waals surface area (Å²) in [4.78, 5) is 0. The van der Waals surface area contributed by atoms with Gasteiger partial charge >= 0.3 is 0 Å². The number of ether oxygens (including phenoxy) is 4. The Balaban J connectivity index is 1.71. The van der Waals surface area contributed by atoms with Crippen molar-refractivity contribution in [1.82, 2.24) is 4.67 Å². The predicted octanol–water partition coefficient (Wildman–Crippen LogP) is 11.3. The molecule has 4 aromatic rings. The van der Waals surface area contributed by atoms with E-state index in [1.54, 1.807) is 20.3 Å². The van der Waals surface area contributed by atoms with E-state index in [4.69, 9.17) is 32.4 Å². The molecule has 1 aliphatic rings. The molecule has 0 bridgehead atoms. The average Bonchev–Trinajstić information content (AvgIpc) is 3.53. The van der Waals surface area contributed by atoms with Crippen LogP contribution in [0.3, 0.4) is 0 Å². The van der Waals surface area contributed by atoms with Gasteiger partial charge in [0.05, 0.1) is 39.9 Å². The number of hydrogen-bond donors (Lipinski definition) is 0. The van der Waals surface area contributed by atoms with Crippen molar-refractivity contribution in [2.45, 2.75) is 115 Å². The molecule has 1 heterocycles. The van der Waals surface area contributed by atoms with Gasteiger partial charge in [-0.15, -0.1) is 0 Å². The van der Waals surface area contributed by atoms with Gasteiger partial charge in [0.25, 0.3) is 8.53 Å². The molecule has 1 aliphatic heterocycles. The van der Waals surface area contributed by atoms with E-state index in [-0.39, 0.29) is 42.6 Å². The van der Waals surface area contributed by atoms with Gasteiger partial charge in [0.15, 0.2) is 8.32 Å². The second kappa shape index (κ2) is 20.2. The first-order valence-electron chi connectivity index (χ1n) is 20.4. The molecule has 0 aromatic heterocycles. The van der Waals surface area contributed by atoms with Crippen molar-refractivity contribution in [1.29, 1.82) is 5.26 Å². The third kappa shape index (κ3) is 10.8. The maximum absolute atomic E-state index is 15.1. The predicted molar refractivity (Wildman–Crippen MR) is 234 cm³/mol. The summed E-state index contributed by atoms with van der Waals surface area (Å²) < 4.78 is 64.1. The summed E-state index contributed by atoms with van der Waals surface area (Å²) in [6, 6.07) is 34.7. The highest BCUT2D eigenvalue weighted by Crippen LogP contribution is 2.53. The highest BCUT2D eigenvalue weighted by molar-refractivity contribution is 7.44. The molecule has 318 valence electrons. The fourth-order valence-electron chi connectivity index (χ4n) is 7.27. The molecule has 1 unspecified atom stereocenters. The van der Waals surface area contributed by atoms with Gasteiger partial charge in [-0.25, -0.2) is 9.06 Å². The number of methoxy groups -OCH3 is 2. The van der Waals surface area contributed by atoms with E-state index in [9.17, 15) is 5.26 Å². The van der Waals surface area contributed by atoms with Crippen molar-refractivity contribution in [3.8, 4) is 17.6 Å². The van der Waals surface area contributed by atoms with Gasteiger partial charge in [0.2, 0.25) is 0 Å². The van der Waals surface area contributed by atoms with Gasteiger partial charge in [-0.05, 0) is 104 Å². The SMILES string of the molecule is COc1ccc(C(OC[C@H]2O[C@@H](c3cccc(F)c3)[C@H](O[Si](C)(C)C(C)(C)C)[C@@H]2OP(OCCC#N)N(C(C)C)C(C)C)(c2ccccc2)c2ccc(OC)cc2)cc1.